The lowest BCUT2D eigenvalue weighted by Gasteiger charge is -1.99. The minimum Gasteiger partial charge on any atom is -0.307 e. The van der Waals surface area contributed by atoms with E-state index in [1.165, 1.54) is 0 Å². The zero-order chi connectivity index (χ0) is 13.1. The number of allylic oxidation sites excluding steroid dienone is 1. The first-order chi connectivity index (χ1) is 8.60. The third kappa shape index (κ3) is 2.83. The third-order valence-corrected chi connectivity index (χ3v) is 3.20. The fraction of sp³-hybridized carbons (Fsp3) is 0.167. The molecule has 1 heterocycles. The fourth-order valence-electron chi connectivity index (χ4n) is 1.56. The van der Waals surface area contributed by atoms with Crippen molar-refractivity contribution in [1.82, 2.24) is 9.97 Å². The number of H-pyrrole nitrogens is 2. The summed E-state index contributed by atoms with van der Waals surface area (Å²) in [5.41, 5.74) is 0.396. The lowest BCUT2D eigenvalue weighted by molar-refractivity contribution is 1.08. The zero-order valence-electron chi connectivity index (χ0n) is 9.24. The number of halogens is 2. The summed E-state index contributed by atoms with van der Waals surface area (Å²) in [4.78, 5) is 27.4. The Morgan fingerprint density at radius 3 is 2.78 bits per heavy atom. The van der Waals surface area contributed by atoms with Gasteiger partial charge in [-0.3, -0.25) is 9.78 Å². The van der Waals surface area contributed by atoms with E-state index in [-0.39, 0.29) is 5.38 Å². The Kier molecular flexibility index (Phi) is 3.89. The predicted octanol–water partition coefficient (Wildman–Crippen LogP) is 2.08. The molecule has 1 atom stereocenters. The molecule has 0 aliphatic carbocycles. The van der Waals surface area contributed by atoms with Crippen LogP contribution in [0.25, 0.3) is 17.0 Å². The molecule has 18 heavy (non-hydrogen) atoms. The minimum absolute atomic E-state index is 0.249. The molecule has 0 aliphatic rings. The SMILES string of the molecule is O=c1[nH]c(=O)c2ccc(/C=C/C(Cl)CCl)cc2[nH]1. The van der Waals surface area contributed by atoms with Crippen LogP contribution in [0.3, 0.4) is 0 Å². The van der Waals surface area contributed by atoms with Crippen molar-refractivity contribution in [3.05, 3.63) is 50.7 Å². The van der Waals surface area contributed by atoms with Crippen LogP contribution in [0.2, 0.25) is 0 Å². The molecule has 2 N–H and O–H groups in total. The van der Waals surface area contributed by atoms with Crippen LogP contribution in [0.4, 0.5) is 0 Å². The van der Waals surface area contributed by atoms with Gasteiger partial charge in [0.15, 0.2) is 0 Å². The molecule has 2 aromatic rings. The molecule has 1 aromatic heterocycles. The van der Waals surface area contributed by atoms with E-state index >= 15 is 0 Å². The smallest absolute Gasteiger partial charge is 0.307 e. The Labute approximate surface area is 112 Å². The second-order valence-corrected chi connectivity index (χ2v) is 4.61. The Hall–Kier alpha value is -1.52. The van der Waals surface area contributed by atoms with Crippen LogP contribution in [0.1, 0.15) is 5.56 Å². The van der Waals surface area contributed by atoms with Crippen molar-refractivity contribution in [1.29, 1.82) is 0 Å². The van der Waals surface area contributed by atoms with Crippen molar-refractivity contribution in [2.75, 3.05) is 5.88 Å². The predicted molar refractivity (Wildman–Crippen MR) is 74.6 cm³/mol. The van der Waals surface area contributed by atoms with Gasteiger partial charge in [0.1, 0.15) is 0 Å². The maximum absolute atomic E-state index is 11.5. The summed E-state index contributed by atoms with van der Waals surface area (Å²) in [6.07, 6.45) is 3.54. The monoisotopic (exact) mass is 284 g/mol. The molecule has 0 amide bonds. The van der Waals surface area contributed by atoms with Gasteiger partial charge in [-0.1, -0.05) is 18.2 Å². The summed E-state index contributed by atoms with van der Waals surface area (Å²) in [6.45, 7) is 0. The van der Waals surface area contributed by atoms with Gasteiger partial charge in [-0.15, -0.1) is 23.2 Å². The molecule has 0 radical (unpaired) electrons. The molecule has 6 heteroatoms. The number of hydrogen-bond donors (Lipinski definition) is 2. The van der Waals surface area contributed by atoms with Crippen LogP contribution in [-0.4, -0.2) is 21.2 Å². The molecule has 1 aromatic carbocycles. The number of rotatable bonds is 3. The number of aromatic nitrogens is 2. The van der Waals surface area contributed by atoms with Crippen molar-refractivity contribution in [3.63, 3.8) is 0 Å². The van der Waals surface area contributed by atoms with Crippen LogP contribution in [-0.2, 0) is 0 Å². The van der Waals surface area contributed by atoms with Gasteiger partial charge < -0.3 is 4.98 Å². The number of aromatic amines is 2. The highest BCUT2D eigenvalue weighted by atomic mass is 35.5. The normalized spacial score (nSPS) is 13.2. The average Bonchev–Trinajstić information content (AvgIpc) is 2.35. The van der Waals surface area contributed by atoms with Gasteiger partial charge in [0.05, 0.1) is 16.3 Å². The summed E-state index contributed by atoms with van der Waals surface area (Å²) in [7, 11) is 0. The topological polar surface area (TPSA) is 65.7 Å². The second-order valence-electron chi connectivity index (χ2n) is 3.74. The largest absolute Gasteiger partial charge is 0.326 e. The van der Waals surface area contributed by atoms with E-state index in [9.17, 15) is 9.59 Å². The van der Waals surface area contributed by atoms with Crippen molar-refractivity contribution in [2.24, 2.45) is 0 Å². The second kappa shape index (κ2) is 5.42. The molecule has 4 nitrogen and oxygen atoms in total. The van der Waals surface area contributed by atoms with Crippen molar-refractivity contribution in [3.8, 4) is 0 Å². The van der Waals surface area contributed by atoms with Crippen LogP contribution in [0.5, 0.6) is 0 Å². The van der Waals surface area contributed by atoms with Gasteiger partial charge in [-0.25, -0.2) is 4.79 Å². The summed E-state index contributed by atoms with van der Waals surface area (Å²) in [6, 6.07) is 5.12. The molecule has 0 aliphatic heterocycles. The maximum Gasteiger partial charge on any atom is 0.326 e. The third-order valence-electron chi connectivity index (χ3n) is 2.41. The molecular weight excluding hydrogens is 275 g/mol. The van der Waals surface area contributed by atoms with Gasteiger partial charge in [-0.05, 0) is 17.7 Å². The van der Waals surface area contributed by atoms with Crippen LogP contribution in [0, 0.1) is 0 Å². The Morgan fingerprint density at radius 2 is 2.06 bits per heavy atom. The number of benzene rings is 1. The molecule has 1 unspecified atom stereocenters. The highest BCUT2D eigenvalue weighted by Crippen LogP contribution is 2.12. The molecule has 0 saturated heterocycles. The van der Waals surface area contributed by atoms with Gasteiger partial charge in [0.2, 0.25) is 0 Å². The van der Waals surface area contributed by atoms with Gasteiger partial charge in [-0.2, -0.15) is 0 Å². The zero-order valence-corrected chi connectivity index (χ0v) is 10.8. The van der Waals surface area contributed by atoms with Gasteiger partial charge >= 0.3 is 5.69 Å². The van der Waals surface area contributed by atoms with Crippen LogP contribution < -0.4 is 11.2 Å². The number of fused-ring (bicyclic) bond motifs is 1. The maximum atomic E-state index is 11.5. The Bertz CT molecular complexity index is 703. The first-order valence-electron chi connectivity index (χ1n) is 5.25. The van der Waals surface area contributed by atoms with E-state index in [4.69, 9.17) is 23.2 Å². The lowest BCUT2D eigenvalue weighted by Crippen LogP contribution is -2.21. The first-order valence-corrected chi connectivity index (χ1v) is 6.22. The average molecular weight is 285 g/mol. The summed E-state index contributed by atoms with van der Waals surface area (Å²) in [5.74, 6) is 0.322. The summed E-state index contributed by atoms with van der Waals surface area (Å²) >= 11 is 11.4. The van der Waals surface area contributed by atoms with E-state index < -0.39 is 11.2 Å². The number of hydrogen-bond acceptors (Lipinski definition) is 2. The molecular formula is C12H10Cl2N2O2. The van der Waals surface area contributed by atoms with E-state index in [0.29, 0.717) is 16.8 Å². The summed E-state index contributed by atoms with van der Waals surface area (Å²) < 4.78 is 0. The van der Waals surface area contributed by atoms with Crippen molar-refractivity contribution >= 4 is 40.2 Å². The fourth-order valence-corrected chi connectivity index (χ4v) is 1.73. The van der Waals surface area contributed by atoms with Crippen LogP contribution >= 0.6 is 23.2 Å². The highest BCUT2D eigenvalue weighted by Gasteiger charge is 2.01. The van der Waals surface area contributed by atoms with Crippen molar-refractivity contribution in [2.45, 2.75) is 5.38 Å². The van der Waals surface area contributed by atoms with E-state index in [2.05, 4.69) is 9.97 Å². The Morgan fingerprint density at radius 1 is 1.28 bits per heavy atom. The Balaban J connectivity index is 2.48. The van der Waals surface area contributed by atoms with E-state index in [1.54, 1.807) is 30.4 Å². The standard InChI is InChI=1S/C12H10Cl2N2O2/c13-6-8(14)3-1-7-2-4-9-10(5-7)15-12(18)16-11(9)17/h1-5,8H,6H2,(H2,15,16,17,18)/b3-1+. The minimum atomic E-state index is -0.524. The van der Waals surface area contributed by atoms with E-state index in [0.717, 1.165) is 5.56 Å². The van der Waals surface area contributed by atoms with E-state index in [1.807, 2.05) is 0 Å². The first kappa shape index (κ1) is 12.9. The molecule has 0 fully saturated rings. The highest BCUT2D eigenvalue weighted by molar-refractivity contribution is 6.29. The molecule has 0 spiro atoms. The quantitative estimate of drug-likeness (QED) is 0.848. The lowest BCUT2D eigenvalue weighted by atomic mass is 10.1. The number of nitrogens with one attached hydrogen (secondary N) is 2. The molecule has 0 bridgehead atoms. The molecule has 0 saturated carbocycles. The molecule has 94 valence electrons. The van der Waals surface area contributed by atoms with Crippen molar-refractivity contribution < 1.29 is 0 Å². The van der Waals surface area contributed by atoms with Gasteiger partial charge in [0.25, 0.3) is 5.56 Å². The van der Waals surface area contributed by atoms with Crippen LogP contribution in [0.15, 0.2) is 33.9 Å². The summed E-state index contributed by atoms with van der Waals surface area (Å²) in [5, 5.41) is 0.187. The van der Waals surface area contributed by atoms with Gasteiger partial charge in [0, 0.05) is 5.88 Å². The number of alkyl halides is 2. The molecule has 2 rings (SSSR count).